The van der Waals surface area contributed by atoms with Gasteiger partial charge < -0.3 is 10.2 Å². The lowest BCUT2D eigenvalue weighted by Crippen LogP contribution is -2.50. The van der Waals surface area contributed by atoms with Crippen LogP contribution < -0.4 is 5.32 Å². The fourth-order valence-electron chi connectivity index (χ4n) is 3.57. The summed E-state index contributed by atoms with van der Waals surface area (Å²) >= 11 is 0. The van der Waals surface area contributed by atoms with E-state index in [0.29, 0.717) is 6.42 Å². The van der Waals surface area contributed by atoms with Gasteiger partial charge in [0.05, 0.1) is 11.7 Å². The third kappa shape index (κ3) is 3.00. The van der Waals surface area contributed by atoms with Crippen LogP contribution in [-0.4, -0.2) is 39.1 Å². The molecule has 1 N–H and O–H groups in total. The topological polar surface area (TPSA) is 67.2 Å². The van der Waals surface area contributed by atoms with E-state index < -0.39 is 0 Å². The molecule has 0 saturated carbocycles. The second-order valence-corrected chi connectivity index (χ2v) is 6.29. The first-order valence-corrected chi connectivity index (χ1v) is 8.24. The van der Waals surface area contributed by atoms with Crippen molar-refractivity contribution in [2.24, 2.45) is 7.05 Å². The second-order valence-electron chi connectivity index (χ2n) is 6.29. The summed E-state index contributed by atoms with van der Waals surface area (Å²) in [5.41, 5.74) is 1.08. The molecule has 22 heavy (non-hydrogen) atoms. The highest BCUT2D eigenvalue weighted by atomic mass is 16.2. The van der Waals surface area contributed by atoms with Crippen LogP contribution in [-0.2, 0) is 16.6 Å². The highest BCUT2D eigenvalue weighted by Gasteiger charge is 2.34. The van der Waals surface area contributed by atoms with Gasteiger partial charge in [-0.3, -0.25) is 14.3 Å². The highest BCUT2D eigenvalue weighted by molar-refractivity contribution is 5.88. The van der Waals surface area contributed by atoms with Gasteiger partial charge in [-0.2, -0.15) is 5.10 Å². The van der Waals surface area contributed by atoms with Gasteiger partial charge in [0.1, 0.15) is 6.04 Å². The number of hydrogen-bond donors (Lipinski definition) is 1. The number of carbonyl (C=O) groups is 2. The third-order valence-electron chi connectivity index (χ3n) is 4.77. The average molecular weight is 304 g/mol. The SMILES string of the molecule is Cn1nccc1[C@@H]1CCCCN1C(=O)[C@H]1CCCCC(=O)N1. The van der Waals surface area contributed by atoms with E-state index in [1.54, 1.807) is 6.20 Å². The van der Waals surface area contributed by atoms with Crippen LogP contribution in [0.2, 0.25) is 0 Å². The Morgan fingerprint density at radius 2 is 2.09 bits per heavy atom. The molecule has 1 aromatic rings. The van der Waals surface area contributed by atoms with E-state index in [4.69, 9.17) is 0 Å². The number of piperidine rings is 1. The zero-order valence-electron chi connectivity index (χ0n) is 13.1. The number of rotatable bonds is 2. The van der Waals surface area contributed by atoms with Gasteiger partial charge in [-0.05, 0) is 38.2 Å². The zero-order valence-corrected chi connectivity index (χ0v) is 13.1. The molecule has 0 unspecified atom stereocenters. The molecule has 0 radical (unpaired) electrons. The fourth-order valence-corrected chi connectivity index (χ4v) is 3.57. The molecule has 0 spiro atoms. The normalized spacial score (nSPS) is 26.4. The summed E-state index contributed by atoms with van der Waals surface area (Å²) in [6.07, 6.45) is 7.98. The van der Waals surface area contributed by atoms with E-state index in [2.05, 4.69) is 10.4 Å². The molecule has 2 atom stereocenters. The van der Waals surface area contributed by atoms with Crippen LogP contribution in [0.5, 0.6) is 0 Å². The largest absolute Gasteiger partial charge is 0.344 e. The predicted molar refractivity (Wildman–Crippen MR) is 81.9 cm³/mol. The monoisotopic (exact) mass is 304 g/mol. The molecule has 3 heterocycles. The maximum atomic E-state index is 12.9. The van der Waals surface area contributed by atoms with Gasteiger partial charge in [-0.15, -0.1) is 0 Å². The van der Waals surface area contributed by atoms with Crippen molar-refractivity contribution in [1.29, 1.82) is 0 Å². The molecule has 0 aromatic carbocycles. The fraction of sp³-hybridized carbons (Fsp3) is 0.688. The molecule has 2 saturated heterocycles. The Kier molecular flexibility index (Phi) is 4.45. The molecule has 2 aliphatic rings. The van der Waals surface area contributed by atoms with E-state index >= 15 is 0 Å². The van der Waals surface area contributed by atoms with Crippen molar-refractivity contribution in [1.82, 2.24) is 20.0 Å². The number of aryl methyl sites for hydroxylation is 1. The van der Waals surface area contributed by atoms with Crippen molar-refractivity contribution in [2.75, 3.05) is 6.54 Å². The summed E-state index contributed by atoms with van der Waals surface area (Å²) in [6, 6.07) is 1.71. The molecule has 3 rings (SSSR count). The van der Waals surface area contributed by atoms with Gasteiger partial charge in [0.25, 0.3) is 0 Å². The Hall–Kier alpha value is -1.85. The Balaban J connectivity index is 1.79. The van der Waals surface area contributed by atoms with Crippen LogP contribution in [0.15, 0.2) is 12.3 Å². The van der Waals surface area contributed by atoms with Crippen molar-refractivity contribution in [3.05, 3.63) is 18.0 Å². The number of aromatic nitrogens is 2. The molecule has 2 fully saturated rings. The number of amides is 2. The molecule has 1 aromatic heterocycles. The van der Waals surface area contributed by atoms with Crippen LogP contribution in [0.4, 0.5) is 0 Å². The standard InChI is InChI=1S/C16H24N4O2/c1-19-13(9-10-17-19)14-7-4-5-11-20(14)16(22)12-6-2-3-8-15(21)18-12/h9-10,12,14H,2-8,11H2,1H3,(H,18,21)/t12-,14+/m1/s1. The number of hydrogen-bond acceptors (Lipinski definition) is 3. The Bertz CT molecular complexity index is 554. The maximum absolute atomic E-state index is 12.9. The molecule has 0 bridgehead atoms. The van der Waals surface area contributed by atoms with Crippen molar-refractivity contribution < 1.29 is 9.59 Å². The Morgan fingerprint density at radius 3 is 2.86 bits per heavy atom. The van der Waals surface area contributed by atoms with Crippen LogP contribution in [0, 0.1) is 0 Å². The van der Waals surface area contributed by atoms with Gasteiger partial charge in [-0.1, -0.05) is 6.42 Å². The van der Waals surface area contributed by atoms with Gasteiger partial charge in [0.2, 0.25) is 11.8 Å². The average Bonchev–Trinajstić information content (AvgIpc) is 2.83. The quantitative estimate of drug-likeness (QED) is 0.901. The molecular formula is C16H24N4O2. The lowest BCUT2D eigenvalue weighted by atomic mass is 9.97. The van der Waals surface area contributed by atoms with Gasteiger partial charge >= 0.3 is 0 Å². The number of nitrogens with one attached hydrogen (secondary N) is 1. The van der Waals surface area contributed by atoms with Gasteiger partial charge in [0.15, 0.2) is 0 Å². The smallest absolute Gasteiger partial charge is 0.245 e. The van der Waals surface area contributed by atoms with Gasteiger partial charge in [-0.25, -0.2) is 0 Å². The number of likely N-dealkylation sites (tertiary alicyclic amines) is 1. The molecule has 120 valence electrons. The maximum Gasteiger partial charge on any atom is 0.245 e. The van der Waals surface area contributed by atoms with Crippen molar-refractivity contribution in [3.63, 3.8) is 0 Å². The number of carbonyl (C=O) groups excluding carboxylic acids is 2. The molecule has 6 nitrogen and oxygen atoms in total. The van der Waals surface area contributed by atoms with E-state index in [1.807, 2.05) is 22.7 Å². The van der Waals surface area contributed by atoms with Crippen molar-refractivity contribution >= 4 is 11.8 Å². The second kappa shape index (κ2) is 6.50. The van der Waals surface area contributed by atoms with Crippen molar-refractivity contribution in [3.8, 4) is 0 Å². The zero-order chi connectivity index (χ0) is 15.5. The lowest BCUT2D eigenvalue weighted by Gasteiger charge is -2.37. The minimum atomic E-state index is -0.358. The Labute approximate surface area is 130 Å². The summed E-state index contributed by atoms with van der Waals surface area (Å²) < 4.78 is 1.85. The van der Waals surface area contributed by atoms with Crippen LogP contribution in [0.1, 0.15) is 56.7 Å². The molecule has 6 heteroatoms. The first-order valence-electron chi connectivity index (χ1n) is 8.24. The predicted octanol–water partition coefficient (Wildman–Crippen LogP) is 1.53. The van der Waals surface area contributed by atoms with Crippen molar-refractivity contribution in [2.45, 2.75) is 57.0 Å². The molecule has 0 aliphatic carbocycles. The first-order chi connectivity index (χ1) is 10.7. The highest BCUT2D eigenvalue weighted by Crippen LogP contribution is 2.31. The van der Waals surface area contributed by atoms with E-state index in [1.165, 1.54) is 0 Å². The summed E-state index contributed by atoms with van der Waals surface area (Å²) in [5, 5.41) is 7.14. The van der Waals surface area contributed by atoms with Crippen LogP contribution in [0.25, 0.3) is 0 Å². The van der Waals surface area contributed by atoms with Crippen LogP contribution >= 0.6 is 0 Å². The van der Waals surface area contributed by atoms with E-state index in [9.17, 15) is 9.59 Å². The molecule has 2 amide bonds. The lowest BCUT2D eigenvalue weighted by molar-refractivity contribution is -0.139. The molecule has 2 aliphatic heterocycles. The summed E-state index contributed by atoms with van der Waals surface area (Å²) in [7, 11) is 1.92. The van der Waals surface area contributed by atoms with Crippen LogP contribution in [0.3, 0.4) is 0 Å². The first kappa shape index (κ1) is 15.1. The van der Waals surface area contributed by atoms with E-state index in [-0.39, 0.29) is 23.9 Å². The molecular weight excluding hydrogens is 280 g/mol. The van der Waals surface area contributed by atoms with Gasteiger partial charge in [0, 0.05) is 26.2 Å². The summed E-state index contributed by atoms with van der Waals surface area (Å²) in [5.74, 6) is 0.0751. The minimum Gasteiger partial charge on any atom is -0.344 e. The summed E-state index contributed by atoms with van der Waals surface area (Å²) in [4.78, 5) is 26.7. The number of nitrogens with zero attached hydrogens (tertiary/aromatic N) is 3. The van der Waals surface area contributed by atoms with E-state index in [0.717, 1.165) is 50.8 Å². The third-order valence-corrected chi connectivity index (χ3v) is 4.77. The Morgan fingerprint density at radius 1 is 1.27 bits per heavy atom. The summed E-state index contributed by atoms with van der Waals surface area (Å²) in [6.45, 7) is 0.765. The minimum absolute atomic E-state index is 0.00458.